The number of allylic oxidation sites excluding steroid dienone is 1. The lowest BCUT2D eigenvalue weighted by molar-refractivity contribution is -0.137. The highest BCUT2D eigenvalue weighted by molar-refractivity contribution is 8.02. The topological polar surface area (TPSA) is 69.1 Å². The number of nitrogens with zero attached hydrogens (tertiary/aromatic N) is 1. The van der Waals surface area contributed by atoms with Crippen molar-refractivity contribution in [3.8, 4) is 0 Å². The Labute approximate surface area is 156 Å². The molecule has 27 heavy (non-hydrogen) atoms. The van der Waals surface area contributed by atoms with Gasteiger partial charge in [0.15, 0.2) is 5.76 Å². The van der Waals surface area contributed by atoms with Crippen LogP contribution >= 0.6 is 11.8 Å². The second-order valence-electron chi connectivity index (χ2n) is 6.08. The van der Waals surface area contributed by atoms with E-state index in [1.165, 1.54) is 0 Å². The highest BCUT2D eigenvalue weighted by Gasteiger charge is 2.36. The van der Waals surface area contributed by atoms with Gasteiger partial charge < -0.3 is 10.2 Å². The van der Waals surface area contributed by atoms with Crippen LogP contribution in [0.25, 0.3) is 11.0 Å². The molecule has 0 bridgehead atoms. The molecule has 0 saturated heterocycles. The van der Waals surface area contributed by atoms with Crippen molar-refractivity contribution in [2.45, 2.75) is 17.8 Å². The molecule has 2 aromatic heterocycles. The van der Waals surface area contributed by atoms with E-state index in [2.05, 4.69) is 11.1 Å². The number of anilines is 1. The number of alkyl halides is 3. The number of hydrogen-bond acceptors (Lipinski definition) is 5. The van der Waals surface area contributed by atoms with Crippen LogP contribution in [0.5, 0.6) is 0 Å². The number of benzene rings is 1. The van der Waals surface area contributed by atoms with E-state index in [-0.39, 0.29) is 16.7 Å². The molecule has 1 unspecified atom stereocenters. The first-order chi connectivity index (χ1) is 12.9. The van der Waals surface area contributed by atoms with Gasteiger partial charge in [-0.3, -0.25) is 9.78 Å². The molecule has 4 nitrogen and oxygen atoms in total. The highest BCUT2D eigenvalue weighted by Crippen LogP contribution is 2.41. The number of ketones is 1. The molecule has 0 amide bonds. The van der Waals surface area contributed by atoms with E-state index in [1.807, 2.05) is 11.5 Å². The lowest BCUT2D eigenvalue weighted by Gasteiger charge is -2.10. The molecule has 1 aliphatic heterocycles. The maximum absolute atomic E-state index is 13.2. The van der Waals surface area contributed by atoms with E-state index in [0.717, 1.165) is 30.4 Å². The van der Waals surface area contributed by atoms with Gasteiger partial charge in [0.2, 0.25) is 5.78 Å². The van der Waals surface area contributed by atoms with E-state index in [0.29, 0.717) is 11.0 Å². The number of halogens is 3. The lowest BCUT2D eigenvalue weighted by atomic mass is 10.0. The zero-order valence-electron chi connectivity index (χ0n) is 13.8. The fourth-order valence-electron chi connectivity index (χ4n) is 3.05. The minimum absolute atomic E-state index is 0.0238. The largest absolute Gasteiger partial charge is 0.450 e. The molecule has 138 valence electrons. The van der Waals surface area contributed by atoms with Crippen molar-refractivity contribution in [1.29, 1.82) is 0 Å². The summed E-state index contributed by atoms with van der Waals surface area (Å²) in [7, 11) is 0. The summed E-state index contributed by atoms with van der Waals surface area (Å²) in [5.41, 5.74) is 5.74. The number of pyridine rings is 1. The number of fused-ring (bicyclic) bond motifs is 1. The zero-order chi connectivity index (χ0) is 19.2. The number of nitrogen functional groups attached to an aromatic ring is 1. The Balaban J connectivity index is 1.78. The Hall–Kier alpha value is -2.74. The minimum atomic E-state index is -4.69. The molecule has 4 rings (SSSR count). The Bertz CT molecular complexity index is 1060. The van der Waals surface area contributed by atoms with Crippen LogP contribution < -0.4 is 5.73 Å². The first kappa shape index (κ1) is 17.7. The van der Waals surface area contributed by atoms with Crippen molar-refractivity contribution in [3.05, 3.63) is 70.6 Å². The van der Waals surface area contributed by atoms with Gasteiger partial charge >= 0.3 is 6.18 Å². The summed E-state index contributed by atoms with van der Waals surface area (Å²) in [4.78, 5) is 16.4. The van der Waals surface area contributed by atoms with Gasteiger partial charge in [0.25, 0.3) is 0 Å². The van der Waals surface area contributed by atoms with Crippen LogP contribution in [0.15, 0.2) is 52.6 Å². The number of furan rings is 1. The first-order valence-corrected chi connectivity index (χ1v) is 8.99. The van der Waals surface area contributed by atoms with Crippen molar-refractivity contribution < 1.29 is 22.4 Å². The third kappa shape index (κ3) is 3.10. The maximum Gasteiger partial charge on any atom is 0.417 e. The van der Waals surface area contributed by atoms with Crippen molar-refractivity contribution in [1.82, 2.24) is 4.98 Å². The normalized spacial score (nSPS) is 16.9. The molecule has 0 saturated carbocycles. The summed E-state index contributed by atoms with van der Waals surface area (Å²) < 4.78 is 45.2. The molecule has 1 aromatic carbocycles. The molecule has 0 spiro atoms. The van der Waals surface area contributed by atoms with Gasteiger partial charge in [-0.15, -0.1) is 11.8 Å². The minimum Gasteiger partial charge on any atom is -0.450 e. The predicted molar refractivity (Wildman–Crippen MR) is 97.4 cm³/mol. The van der Waals surface area contributed by atoms with Gasteiger partial charge in [-0.1, -0.05) is 12.1 Å². The molecular formula is C19H13F3N2O2S. The summed E-state index contributed by atoms with van der Waals surface area (Å²) in [5, 5.41) is 2.76. The quantitative estimate of drug-likeness (QED) is 0.611. The number of thioether (sulfide) groups is 1. The maximum atomic E-state index is 13.2. The molecule has 0 fully saturated rings. The molecular weight excluding hydrogens is 377 g/mol. The Morgan fingerprint density at radius 2 is 2.11 bits per heavy atom. The average molecular weight is 390 g/mol. The van der Waals surface area contributed by atoms with Crippen molar-refractivity contribution in [2.75, 3.05) is 5.73 Å². The molecule has 0 aliphatic carbocycles. The number of rotatable bonds is 3. The van der Waals surface area contributed by atoms with Crippen LogP contribution in [0.1, 0.15) is 38.9 Å². The van der Waals surface area contributed by atoms with E-state index >= 15 is 0 Å². The van der Waals surface area contributed by atoms with Crippen molar-refractivity contribution >= 4 is 34.2 Å². The Kier molecular flexibility index (Phi) is 4.22. The van der Waals surface area contributed by atoms with E-state index in [1.54, 1.807) is 23.9 Å². The lowest BCUT2D eigenvalue weighted by Crippen LogP contribution is -2.14. The Morgan fingerprint density at radius 3 is 2.81 bits per heavy atom. The summed E-state index contributed by atoms with van der Waals surface area (Å²) >= 11 is 1.67. The average Bonchev–Trinajstić information content (AvgIpc) is 3.29. The van der Waals surface area contributed by atoms with Crippen LogP contribution in [-0.4, -0.2) is 10.8 Å². The third-order valence-corrected chi connectivity index (χ3v) is 5.53. The van der Waals surface area contributed by atoms with Crippen LogP contribution in [0, 0.1) is 0 Å². The van der Waals surface area contributed by atoms with Crippen LogP contribution in [0.4, 0.5) is 18.9 Å². The second-order valence-corrected chi connectivity index (χ2v) is 7.19. The highest BCUT2D eigenvalue weighted by atomic mass is 32.2. The summed E-state index contributed by atoms with van der Waals surface area (Å²) in [6, 6.07) is 6.15. The van der Waals surface area contributed by atoms with Crippen LogP contribution in [-0.2, 0) is 6.18 Å². The number of hydrogen-bond donors (Lipinski definition) is 1. The number of carbonyl (C=O) groups is 1. The SMILES string of the molecule is Nc1c(C(=O)c2cnccc2C(F)(F)F)oc2cc(C3CC=CS3)ccc12. The summed E-state index contributed by atoms with van der Waals surface area (Å²) in [6.45, 7) is 0. The zero-order valence-corrected chi connectivity index (χ0v) is 14.6. The van der Waals surface area contributed by atoms with E-state index in [9.17, 15) is 18.0 Å². The molecule has 3 heterocycles. The molecule has 8 heteroatoms. The predicted octanol–water partition coefficient (Wildman–Crippen LogP) is 5.35. The van der Waals surface area contributed by atoms with Crippen molar-refractivity contribution in [2.24, 2.45) is 0 Å². The van der Waals surface area contributed by atoms with Gasteiger partial charge in [-0.2, -0.15) is 13.2 Å². The van der Waals surface area contributed by atoms with Crippen molar-refractivity contribution in [3.63, 3.8) is 0 Å². The molecule has 2 N–H and O–H groups in total. The molecule has 1 aliphatic rings. The second kappa shape index (κ2) is 6.45. The fourth-order valence-corrected chi connectivity index (χ4v) is 3.98. The first-order valence-electron chi connectivity index (χ1n) is 8.04. The molecule has 0 radical (unpaired) electrons. The molecule has 3 aromatic rings. The number of aromatic nitrogens is 1. The van der Waals surface area contributed by atoms with Gasteiger partial charge in [-0.25, -0.2) is 0 Å². The monoisotopic (exact) mass is 390 g/mol. The van der Waals surface area contributed by atoms with Crippen LogP contribution in [0.3, 0.4) is 0 Å². The molecule has 1 atom stereocenters. The number of carbonyl (C=O) groups excluding carboxylic acids is 1. The smallest absolute Gasteiger partial charge is 0.417 e. The summed E-state index contributed by atoms with van der Waals surface area (Å²) in [6.07, 6.45) is 0.120. The third-order valence-electron chi connectivity index (χ3n) is 4.39. The van der Waals surface area contributed by atoms with Gasteiger partial charge in [0, 0.05) is 23.0 Å². The fraction of sp³-hybridized carbons (Fsp3) is 0.158. The van der Waals surface area contributed by atoms with E-state index < -0.39 is 23.1 Å². The standard InChI is InChI=1S/C19H13F3N2O2S/c20-19(21,22)13-5-6-24-9-12(13)17(25)18-16(23)11-4-3-10(8-14(11)26-18)15-2-1-7-27-15/h1,3-9,15H,2,23H2. The van der Waals surface area contributed by atoms with Gasteiger partial charge in [-0.05, 0) is 35.6 Å². The van der Waals surface area contributed by atoms with Gasteiger partial charge in [0.05, 0.1) is 16.8 Å². The number of nitrogens with two attached hydrogens (primary N) is 1. The van der Waals surface area contributed by atoms with Gasteiger partial charge in [0.1, 0.15) is 5.58 Å². The summed E-state index contributed by atoms with van der Waals surface area (Å²) in [5.74, 6) is -1.25. The van der Waals surface area contributed by atoms with E-state index in [4.69, 9.17) is 10.2 Å². The Morgan fingerprint density at radius 1 is 1.30 bits per heavy atom. The van der Waals surface area contributed by atoms with Crippen LogP contribution in [0.2, 0.25) is 0 Å².